The fourth-order valence-electron chi connectivity index (χ4n) is 2.98. The van der Waals surface area contributed by atoms with E-state index in [0.29, 0.717) is 13.2 Å². The Morgan fingerprint density at radius 3 is 2.43 bits per heavy atom. The van der Waals surface area contributed by atoms with Crippen molar-refractivity contribution in [3.8, 4) is 11.5 Å². The maximum Gasteiger partial charge on any atom is 0.161 e. The number of hydrogen-bond acceptors (Lipinski definition) is 3. The normalized spacial score (nSPS) is 15.9. The van der Waals surface area contributed by atoms with Gasteiger partial charge in [0.05, 0.1) is 6.61 Å². The van der Waals surface area contributed by atoms with E-state index in [2.05, 4.69) is 5.32 Å². The molecule has 118 valence electrons. The second-order valence-corrected chi connectivity index (χ2v) is 5.77. The van der Waals surface area contributed by atoms with Gasteiger partial charge in [-0.15, -0.1) is 0 Å². The van der Waals surface area contributed by atoms with Crippen molar-refractivity contribution in [1.29, 1.82) is 0 Å². The number of ether oxygens (including phenoxy) is 2. The molecule has 0 saturated heterocycles. The molecule has 1 aromatic carbocycles. The van der Waals surface area contributed by atoms with Crippen LogP contribution in [0.15, 0.2) is 24.3 Å². The number of benzene rings is 1. The highest BCUT2D eigenvalue weighted by atomic mass is 16.5. The first-order chi connectivity index (χ1) is 10.4. The molecule has 0 aromatic heterocycles. The highest BCUT2D eigenvalue weighted by Gasteiger charge is 2.12. The second kappa shape index (κ2) is 9.67. The summed E-state index contributed by atoms with van der Waals surface area (Å²) >= 11 is 0. The lowest BCUT2D eigenvalue weighted by Crippen LogP contribution is -2.24. The lowest BCUT2D eigenvalue weighted by Gasteiger charge is -2.21. The van der Waals surface area contributed by atoms with Crippen LogP contribution in [0.1, 0.15) is 45.4 Å². The molecule has 0 amide bonds. The quantitative estimate of drug-likeness (QED) is 0.697. The third-order valence-corrected chi connectivity index (χ3v) is 4.14. The predicted molar refractivity (Wildman–Crippen MR) is 87.2 cm³/mol. The number of para-hydroxylation sites is 2. The van der Waals surface area contributed by atoms with E-state index in [0.717, 1.165) is 30.5 Å². The lowest BCUT2D eigenvalue weighted by molar-refractivity contribution is 0.272. The molecule has 0 bridgehead atoms. The van der Waals surface area contributed by atoms with Crippen molar-refractivity contribution in [3.05, 3.63) is 24.3 Å². The second-order valence-electron chi connectivity index (χ2n) is 5.77. The summed E-state index contributed by atoms with van der Waals surface area (Å²) in [6.07, 6.45) is 8.48. The molecule has 0 aliphatic heterocycles. The smallest absolute Gasteiger partial charge is 0.161 e. The zero-order chi connectivity index (χ0) is 14.8. The largest absolute Gasteiger partial charge is 0.490 e. The summed E-state index contributed by atoms with van der Waals surface area (Å²) in [5.41, 5.74) is 0. The molecular weight excluding hydrogens is 262 g/mol. The fourth-order valence-corrected chi connectivity index (χ4v) is 2.98. The van der Waals surface area contributed by atoms with Crippen molar-refractivity contribution in [1.82, 2.24) is 5.32 Å². The van der Waals surface area contributed by atoms with Crippen LogP contribution in [0.25, 0.3) is 0 Å². The van der Waals surface area contributed by atoms with Crippen LogP contribution in [-0.2, 0) is 0 Å². The molecule has 0 atom stereocenters. The summed E-state index contributed by atoms with van der Waals surface area (Å²) < 4.78 is 11.3. The average molecular weight is 291 g/mol. The van der Waals surface area contributed by atoms with Gasteiger partial charge in [-0.2, -0.15) is 0 Å². The SMILES string of the molecule is CCOc1ccccc1OCCNCCC1CCCCC1. The molecule has 3 heteroatoms. The highest BCUT2D eigenvalue weighted by molar-refractivity contribution is 5.39. The number of hydrogen-bond donors (Lipinski definition) is 1. The van der Waals surface area contributed by atoms with Gasteiger partial charge >= 0.3 is 0 Å². The van der Waals surface area contributed by atoms with Crippen LogP contribution in [-0.4, -0.2) is 26.3 Å². The maximum atomic E-state index is 5.79. The van der Waals surface area contributed by atoms with Crippen molar-refractivity contribution in [3.63, 3.8) is 0 Å². The molecule has 1 aliphatic rings. The van der Waals surface area contributed by atoms with Gasteiger partial charge in [-0.3, -0.25) is 0 Å². The first-order valence-corrected chi connectivity index (χ1v) is 8.45. The minimum Gasteiger partial charge on any atom is -0.490 e. The van der Waals surface area contributed by atoms with Gasteiger partial charge in [-0.25, -0.2) is 0 Å². The molecule has 1 aliphatic carbocycles. The Kier molecular flexibility index (Phi) is 7.44. The summed E-state index contributed by atoms with van der Waals surface area (Å²) in [5.74, 6) is 2.63. The number of rotatable bonds is 9. The number of nitrogens with one attached hydrogen (secondary N) is 1. The van der Waals surface area contributed by atoms with E-state index in [9.17, 15) is 0 Å². The van der Waals surface area contributed by atoms with Gasteiger partial charge in [0.1, 0.15) is 6.61 Å². The van der Waals surface area contributed by atoms with Crippen molar-refractivity contribution in [2.24, 2.45) is 5.92 Å². The van der Waals surface area contributed by atoms with Crippen molar-refractivity contribution in [2.45, 2.75) is 45.4 Å². The van der Waals surface area contributed by atoms with Gasteiger partial charge in [0.2, 0.25) is 0 Å². The summed E-state index contributed by atoms with van der Waals surface area (Å²) in [6, 6.07) is 7.87. The van der Waals surface area contributed by atoms with Gasteiger partial charge in [0.25, 0.3) is 0 Å². The fraction of sp³-hybridized carbons (Fsp3) is 0.667. The van der Waals surface area contributed by atoms with Gasteiger partial charge in [0, 0.05) is 6.54 Å². The zero-order valence-electron chi connectivity index (χ0n) is 13.3. The van der Waals surface area contributed by atoms with Crippen molar-refractivity contribution >= 4 is 0 Å². The molecule has 0 unspecified atom stereocenters. The topological polar surface area (TPSA) is 30.5 Å². The van der Waals surface area contributed by atoms with E-state index < -0.39 is 0 Å². The highest BCUT2D eigenvalue weighted by Crippen LogP contribution is 2.26. The molecule has 2 rings (SSSR count). The van der Waals surface area contributed by atoms with Gasteiger partial charge < -0.3 is 14.8 Å². The predicted octanol–water partition coefficient (Wildman–Crippen LogP) is 4.02. The Balaban J connectivity index is 1.57. The molecule has 0 spiro atoms. The standard InChI is InChI=1S/C18H29NO2/c1-2-20-17-10-6-7-11-18(17)21-15-14-19-13-12-16-8-4-3-5-9-16/h6-7,10-11,16,19H,2-5,8-9,12-15H2,1H3. The summed E-state index contributed by atoms with van der Waals surface area (Å²) in [5, 5.41) is 3.49. The van der Waals surface area contributed by atoms with E-state index in [-0.39, 0.29) is 0 Å². The van der Waals surface area contributed by atoms with Crippen LogP contribution in [0.5, 0.6) is 11.5 Å². The monoisotopic (exact) mass is 291 g/mol. The van der Waals surface area contributed by atoms with E-state index >= 15 is 0 Å². The third-order valence-electron chi connectivity index (χ3n) is 4.14. The molecule has 1 aromatic rings. The van der Waals surface area contributed by atoms with Gasteiger partial charge in [-0.1, -0.05) is 44.2 Å². The molecular formula is C18H29NO2. The zero-order valence-corrected chi connectivity index (χ0v) is 13.3. The van der Waals surface area contributed by atoms with Gasteiger partial charge in [-0.05, 0) is 37.9 Å². The summed E-state index contributed by atoms with van der Waals surface area (Å²) in [6.45, 7) is 5.35. The van der Waals surface area contributed by atoms with Crippen LogP contribution in [0, 0.1) is 5.92 Å². The van der Waals surface area contributed by atoms with Crippen molar-refractivity contribution < 1.29 is 9.47 Å². The van der Waals surface area contributed by atoms with Crippen LogP contribution in [0.4, 0.5) is 0 Å². The molecule has 0 heterocycles. The average Bonchev–Trinajstić information content (AvgIpc) is 2.53. The van der Waals surface area contributed by atoms with Crippen molar-refractivity contribution in [2.75, 3.05) is 26.3 Å². The van der Waals surface area contributed by atoms with Crippen LogP contribution in [0.3, 0.4) is 0 Å². The first-order valence-electron chi connectivity index (χ1n) is 8.45. The van der Waals surface area contributed by atoms with E-state index in [1.165, 1.54) is 38.5 Å². The summed E-state index contributed by atoms with van der Waals surface area (Å²) in [7, 11) is 0. The minimum atomic E-state index is 0.667. The molecule has 1 saturated carbocycles. The Morgan fingerprint density at radius 2 is 1.71 bits per heavy atom. The summed E-state index contributed by atoms with van der Waals surface area (Å²) in [4.78, 5) is 0. The van der Waals surface area contributed by atoms with E-state index in [4.69, 9.17) is 9.47 Å². The molecule has 1 N–H and O–H groups in total. The van der Waals surface area contributed by atoms with Crippen LogP contribution in [0.2, 0.25) is 0 Å². The van der Waals surface area contributed by atoms with Crippen LogP contribution < -0.4 is 14.8 Å². The third kappa shape index (κ3) is 5.96. The minimum absolute atomic E-state index is 0.667. The molecule has 3 nitrogen and oxygen atoms in total. The lowest BCUT2D eigenvalue weighted by atomic mass is 9.87. The molecule has 0 radical (unpaired) electrons. The Bertz CT molecular complexity index is 389. The Hall–Kier alpha value is -1.22. The molecule has 1 fully saturated rings. The Morgan fingerprint density at radius 1 is 1.00 bits per heavy atom. The van der Waals surface area contributed by atoms with Gasteiger partial charge in [0.15, 0.2) is 11.5 Å². The van der Waals surface area contributed by atoms with E-state index in [1.807, 2.05) is 31.2 Å². The van der Waals surface area contributed by atoms with E-state index in [1.54, 1.807) is 0 Å². The Labute approximate surface area is 129 Å². The first kappa shape index (κ1) is 16.2. The molecule has 21 heavy (non-hydrogen) atoms. The maximum absolute atomic E-state index is 5.79. The van der Waals surface area contributed by atoms with Crippen LogP contribution >= 0.6 is 0 Å².